The summed E-state index contributed by atoms with van der Waals surface area (Å²) in [6.07, 6.45) is 5.49. The maximum absolute atomic E-state index is 12.0. The van der Waals surface area contributed by atoms with Crippen LogP contribution in [0.5, 0.6) is 0 Å². The number of likely N-dealkylation sites (tertiary alicyclic amines) is 1. The summed E-state index contributed by atoms with van der Waals surface area (Å²) in [5.74, 6) is -0.201. The monoisotopic (exact) mass is 356 g/mol. The molecule has 2 N–H and O–H groups in total. The molecule has 0 radical (unpaired) electrons. The van der Waals surface area contributed by atoms with Crippen LogP contribution in [0.25, 0.3) is 0 Å². The lowest BCUT2D eigenvalue weighted by Gasteiger charge is -2.22. The number of amides is 1. The fraction of sp³-hybridized carbons (Fsp3) is 0.533. The van der Waals surface area contributed by atoms with Crippen molar-refractivity contribution >= 4 is 35.0 Å². The first-order valence-electron chi connectivity index (χ1n) is 7.43. The summed E-state index contributed by atoms with van der Waals surface area (Å²) in [6.45, 7) is 2.34. The number of carboxylic acid groups (broad SMARTS) is 1. The van der Waals surface area contributed by atoms with E-state index in [2.05, 4.69) is 4.98 Å². The van der Waals surface area contributed by atoms with Crippen molar-refractivity contribution in [2.75, 3.05) is 12.3 Å². The van der Waals surface area contributed by atoms with Crippen LogP contribution in [0.15, 0.2) is 21.9 Å². The Labute approximate surface area is 143 Å². The standard InChI is InChI=1S/C15H20N2O4S2/c1-10(18)3-2-4-11-5-6-13(19)17(11)7-8-22-15-16-12(9-23-15)14(20)21/h2,4,9-11,18H,3,5-8H2,1H3,(H,20,21)/b4-2+/t10-,11+/m1/s1. The van der Waals surface area contributed by atoms with Crippen molar-refractivity contribution in [3.8, 4) is 0 Å². The molecule has 8 heteroatoms. The number of carbonyl (C=O) groups excluding carboxylic acids is 1. The number of rotatable bonds is 8. The second-order valence-corrected chi connectivity index (χ2v) is 7.56. The molecule has 23 heavy (non-hydrogen) atoms. The Bertz CT molecular complexity index is 586. The molecule has 2 atom stereocenters. The molecule has 126 valence electrons. The number of thiazole rings is 1. The third-order valence-corrected chi connectivity index (χ3v) is 5.47. The van der Waals surface area contributed by atoms with Crippen LogP contribution in [-0.4, -0.2) is 56.4 Å². The van der Waals surface area contributed by atoms with Crippen LogP contribution in [0.3, 0.4) is 0 Å². The van der Waals surface area contributed by atoms with Crippen molar-refractivity contribution < 1.29 is 19.8 Å². The van der Waals surface area contributed by atoms with Crippen molar-refractivity contribution in [2.45, 2.75) is 42.7 Å². The van der Waals surface area contributed by atoms with E-state index in [-0.39, 0.29) is 23.7 Å². The van der Waals surface area contributed by atoms with Crippen molar-refractivity contribution in [3.05, 3.63) is 23.2 Å². The van der Waals surface area contributed by atoms with Gasteiger partial charge in [0.15, 0.2) is 10.0 Å². The van der Waals surface area contributed by atoms with Crippen LogP contribution in [0.4, 0.5) is 0 Å². The van der Waals surface area contributed by atoms with Gasteiger partial charge in [0, 0.05) is 24.1 Å². The second kappa shape index (κ2) is 8.47. The average molecular weight is 356 g/mol. The Morgan fingerprint density at radius 3 is 3.09 bits per heavy atom. The van der Waals surface area contributed by atoms with Gasteiger partial charge < -0.3 is 15.1 Å². The molecule has 0 spiro atoms. The summed E-state index contributed by atoms with van der Waals surface area (Å²) < 4.78 is 0.704. The van der Waals surface area contributed by atoms with Crippen LogP contribution in [-0.2, 0) is 4.79 Å². The topological polar surface area (TPSA) is 90.7 Å². The van der Waals surface area contributed by atoms with E-state index < -0.39 is 5.97 Å². The molecule has 1 fully saturated rings. The van der Waals surface area contributed by atoms with Crippen molar-refractivity contribution in [2.24, 2.45) is 0 Å². The number of carbonyl (C=O) groups is 2. The molecule has 2 rings (SSSR count). The van der Waals surface area contributed by atoms with Gasteiger partial charge in [0.25, 0.3) is 0 Å². The predicted molar refractivity (Wildman–Crippen MR) is 90.0 cm³/mol. The molecule has 1 aliphatic rings. The van der Waals surface area contributed by atoms with Gasteiger partial charge in [-0.3, -0.25) is 4.79 Å². The Hall–Kier alpha value is -1.38. The molecule has 0 unspecified atom stereocenters. The molecule has 0 aromatic carbocycles. The molecule has 1 aromatic heterocycles. The molecular formula is C15H20N2O4S2. The number of aliphatic hydroxyl groups excluding tert-OH is 1. The van der Waals surface area contributed by atoms with E-state index in [0.717, 1.165) is 6.42 Å². The smallest absolute Gasteiger partial charge is 0.355 e. The van der Waals surface area contributed by atoms with Crippen LogP contribution in [0.1, 0.15) is 36.7 Å². The number of aromatic carboxylic acids is 1. The highest BCUT2D eigenvalue weighted by atomic mass is 32.2. The summed E-state index contributed by atoms with van der Waals surface area (Å²) in [4.78, 5) is 28.6. The van der Waals surface area contributed by atoms with Gasteiger partial charge in [-0.1, -0.05) is 23.9 Å². The van der Waals surface area contributed by atoms with Crippen LogP contribution in [0.2, 0.25) is 0 Å². The van der Waals surface area contributed by atoms with E-state index in [1.54, 1.807) is 6.92 Å². The number of thioether (sulfide) groups is 1. The van der Waals surface area contributed by atoms with Gasteiger partial charge in [0.2, 0.25) is 5.91 Å². The van der Waals surface area contributed by atoms with Crippen molar-refractivity contribution in [3.63, 3.8) is 0 Å². The second-order valence-electron chi connectivity index (χ2n) is 5.36. The van der Waals surface area contributed by atoms with Crippen LogP contribution >= 0.6 is 23.1 Å². The number of hydrogen-bond acceptors (Lipinski definition) is 6. The first-order valence-corrected chi connectivity index (χ1v) is 9.29. The van der Waals surface area contributed by atoms with E-state index >= 15 is 0 Å². The van der Waals surface area contributed by atoms with E-state index in [9.17, 15) is 14.7 Å². The first-order chi connectivity index (χ1) is 11.0. The quantitative estimate of drug-likeness (QED) is 0.548. The number of carboxylic acids is 1. The minimum absolute atomic E-state index is 0.0636. The fourth-order valence-electron chi connectivity index (χ4n) is 2.33. The van der Waals surface area contributed by atoms with Crippen molar-refractivity contribution in [1.82, 2.24) is 9.88 Å². The normalized spacial score (nSPS) is 19.7. The van der Waals surface area contributed by atoms with E-state index in [0.29, 0.717) is 29.5 Å². The van der Waals surface area contributed by atoms with Crippen molar-refractivity contribution in [1.29, 1.82) is 0 Å². The fourth-order valence-corrected chi connectivity index (χ4v) is 4.14. The van der Waals surface area contributed by atoms with Gasteiger partial charge in [-0.15, -0.1) is 11.3 Å². The summed E-state index contributed by atoms with van der Waals surface area (Å²) in [7, 11) is 0. The average Bonchev–Trinajstić information content (AvgIpc) is 3.08. The molecule has 1 aromatic rings. The highest BCUT2D eigenvalue weighted by molar-refractivity contribution is 8.01. The maximum Gasteiger partial charge on any atom is 0.355 e. The minimum Gasteiger partial charge on any atom is -0.476 e. The van der Waals surface area contributed by atoms with Gasteiger partial charge in [-0.2, -0.15) is 0 Å². The molecule has 1 saturated heterocycles. The highest BCUT2D eigenvalue weighted by Gasteiger charge is 2.28. The SMILES string of the molecule is C[C@@H](O)C/C=C/[C@H]1CCC(=O)N1CCSc1nc(C(=O)O)cs1. The number of aromatic nitrogens is 1. The number of hydrogen-bond donors (Lipinski definition) is 2. The Balaban J connectivity index is 1.83. The van der Waals surface area contributed by atoms with Gasteiger partial charge in [0.05, 0.1) is 12.1 Å². The third kappa shape index (κ3) is 5.33. The zero-order valence-corrected chi connectivity index (χ0v) is 14.5. The van der Waals surface area contributed by atoms with E-state index in [1.165, 1.54) is 28.5 Å². The van der Waals surface area contributed by atoms with Gasteiger partial charge in [-0.25, -0.2) is 9.78 Å². The number of nitrogens with zero attached hydrogens (tertiary/aromatic N) is 2. The predicted octanol–water partition coefficient (Wildman–Crippen LogP) is 2.25. The summed E-state index contributed by atoms with van der Waals surface area (Å²) in [5.41, 5.74) is 0.0636. The minimum atomic E-state index is -1.02. The molecule has 1 aliphatic heterocycles. The lowest BCUT2D eigenvalue weighted by atomic mass is 10.1. The zero-order valence-electron chi connectivity index (χ0n) is 12.8. The lowest BCUT2D eigenvalue weighted by molar-refractivity contribution is -0.128. The Morgan fingerprint density at radius 2 is 2.43 bits per heavy atom. The summed E-state index contributed by atoms with van der Waals surface area (Å²) in [5, 5.41) is 19.6. The van der Waals surface area contributed by atoms with Gasteiger partial charge in [-0.05, 0) is 19.8 Å². The van der Waals surface area contributed by atoms with Crippen LogP contribution < -0.4 is 0 Å². The zero-order chi connectivity index (χ0) is 16.8. The largest absolute Gasteiger partial charge is 0.476 e. The molecule has 0 bridgehead atoms. The molecule has 0 aliphatic carbocycles. The number of aliphatic hydroxyl groups is 1. The lowest BCUT2D eigenvalue weighted by Crippen LogP contribution is -2.33. The molecular weight excluding hydrogens is 336 g/mol. The van der Waals surface area contributed by atoms with Gasteiger partial charge >= 0.3 is 5.97 Å². The summed E-state index contributed by atoms with van der Waals surface area (Å²) >= 11 is 2.77. The molecule has 2 heterocycles. The Morgan fingerprint density at radius 1 is 1.65 bits per heavy atom. The summed E-state index contributed by atoms with van der Waals surface area (Å²) in [6, 6.07) is 0.0905. The van der Waals surface area contributed by atoms with E-state index in [4.69, 9.17) is 5.11 Å². The maximum atomic E-state index is 12.0. The Kier molecular flexibility index (Phi) is 6.61. The molecule has 1 amide bonds. The highest BCUT2D eigenvalue weighted by Crippen LogP contribution is 2.25. The third-order valence-electron chi connectivity index (χ3n) is 3.47. The molecule has 6 nitrogen and oxygen atoms in total. The van der Waals surface area contributed by atoms with Gasteiger partial charge in [0.1, 0.15) is 0 Å². The first kappa shape index (κ1) is 18.0. The molecule has 0 saturated carbocycles. The van der Waals surface area contributed by atoms with E-state index in [1.807, 2.05) is 17.1 Å². The van der Waals surface area contributed by atoms with Crippen LogP contribution in [0, 0.1) is 0 Å².